The molecular formula is C16H16N6O2. The normalized spacial score (nSPS) is 15.5. The van der Waals surface area contributed by atoms with Crippen molar-refractivity contribution in [1.82, 2.24) is 24.8 Å². The predicted octanol–water partition coefficient (Wildman–Crippen LogP) is 1.31. The molecule has 1 N–H and O–H groups in total. The number of carbonyl (C=O) groups is 1. The summed E-state index contributed by atoms with van der Waals surface area (Å²) in [5.41, 5.74) is 1.48. The summed E-state index contributed by atoms with van der Waals surface area (Å²) in [6.45, 7) is 2.71. The molecule has 0 bridgehead atoms. The van der Waals surface area contributed by atoms with Crippen LogP contribution in [0, 0.1) is 0 Å². The molecule has 8 nitrogen and oxygen atoms in total. The Bertz CT molecular complexity index is 862. The lowest BCUT2D eigenvalue weighted by molar-refractivity contribution is -0.126. The van der Waals surface area contributed by atoms with Crippen LogP contribution in [-0.4, -0.2) is 56.9 Å². The van der Waals surface area contributed by atoms with Gasteiger partial charge in [-0.2, -0.15) is 0 Å². The topological polar surface area (TPSA) is 91.2 Å². The van der Waals surface area contributed by atoms with E-state index in [2.05, 4.69) is 24.8 Å². The summed E-state index contributed by atoms with van der Waals surface area (Å²) in [5, 5.41) is 0. The maximum Gasteiger partial charge on any atom is 0.246 e. The van der Waals surface area contributed by atoms with Crippen molar-refractivity contribution in [3.05, 3.63) is 42.9 Å². The van der Waals surface area contributed by atoms with Crippen LogP contribution in [0.3, 0.4) is 0 Å². The van der Waals surface area contributed by atoms with Gasteiger partial charge in [0.2, 0.25) is 5.91 Å². The van der Waals surface area contributed by atoms with Gasteiger partial charge >= 0.3 is 0 Å². The van der Waals surface area contributed by atoms with Gasteiger partial charge in [0.1, 0.15) is 17.6 Å². The largest absolute Gasteiger partial charge is 0.465 e. The lowest BCUT2D eigenvalue weighted by Crippen LogP contribution is -2.48. The number of nitrogens with zero attached hydrogens (tertiary/aromatic N) is 5. The Hall–Kier alpha value is -3.16. The van der Waals surface area contributed by atoms with Crippen LogP contribution in [0.2, 0.25) is 0 Å². The summed E-state index contributed by atoms with van der Waals surface area (Å²) in [4.78, 5) is 31.9. The fraction of sp³-hybridized carbons (Fsp3) is 0.250. The van der Waals surface area contributed by atoms with Gasteiger partial charge in [0, 0.05) is 32.3 Å². The molecule has 0 spiro atoms. The van der Waals surface area contributed by atoms with Crippen LogP contribution < -0.4 is 4.90 Å². The molecule has 4 rings (SSSR count). The number of anilines is 1. The summed E-state index contributed by atoms with van der Waals surface area (Å²) in [6.07, 6.45) is 7.95. The number of furan rings is 1. The van der Waals surface area contributed by atoms with Crippen LogP contribution in [0.4, 0.5) is 5.82 Å². The number of amides is 1. The highest BCUT2D eigenvalue weighted by atomic mass is 16.3. The smallest absolute Gasteiger partial charge is 0.246 e. The van der Waals surface area contributed by atoms with Crippen molar-refractivity contribution >= 4 is 29.0 Å². The monoisotopic (exact) mass is 324 g/mol. The van der Waals surface area contributed by atoms with Gasteiger partial charge in [-0.05, 0) is 18.2 Å². The van der Waals surface area contributed by atoms with E-state index in [0.717, 1.165) is 11.3 Å². The molecule has 1 fully saturated rings. The van der Waals surface area contributed by atoms with Gasteiger partial charge in [0.25, 0.3) is 0 Å². The van der Waals surface area contributed by atoms with E-state index < -0.39 is 0 Å². The third-order valence-corrected chi connectivity index (χ3v) is 4.03. The summed E-state index contributed by atoms with van der Waals surface area (Å²) in [5.74, 6) is 1.49. The second-order valence-electron chi connectivity index (χ2n) is 5.46. The molecular weight excluding hydrogens is 308 g/mol. The van der Waals surface area contributed by atoms with Crippen molar-refractivity contribution in [2.45, 2.75) is 0 Å². The third kappa shape index (κ3) is 2.73. The van der Waals surface area contributed by atoms with Crippen molar-refractivity contribution in [1.29, 1.82) is 0 Å². The minimum atomic E-state index is -0.0135. The number of hydrogen-bond donors (Lipinski definition) is 1. The van der Waals surface area contributed by atoms with E-state index in [-0.39, 0.29) is 5.91 Å². The number of hydrogen-bond acceptors (Lipinski definition) is 6. The Morgan fingerprint density at radius 2 is 2.08 bits per heavy atom. The molecule has 0 unspecified atom stereocenters. The molecule has 0 aliphatic carbocycles. The van der Waals surface area contributed by atoms with Gasteiger partial charge in [-0.1, -0.05) is 0 Å². The number of aromatic amines is 1. The van der Waals surface area contributed by atoms with E-state index in [1.165, 1.54) is 6.33 Å². The van der Waals surface area contributed by atoms with E-state index in [1.54, 1.807) is 30.8 Å². The average Bonchev–Trinajstić information content (AvgIpc) is 3.31. The molecule has 0 atom stereocenters. The van der Waals surface area contributed by atoms with Crippen LogP contribution in [0.25, 0.3) is 17.2 Å². The highest BCUT2D eigenvalue weighted by Crippen LogP contribution is 2.20. The number of aromatic nitrogens is 4. The number of nitrogens with one attached hydrogen (secondary N) is 1. The molecule has 1 aliphatic heterocycles. The molecule has 3 aromatic heterocycles. The lowest BCUT2D eigenvalue weighted by atomic mass is 10.3. The minimum absolute atomic E-state index is 0.0135. The quantitative estimate of drug-likeness (QED) is 0.730. The number of imidazole rings is 1. The Kier molecular flexibility index (Phi) is 3.70. The summed E-state index contributed by atoms with van der Waals surface area (Å²) in [7, 11) is 0. The first-order valence-corrected chi connectivity index (χ1v) is 7.71. The Labute approximate surface area is 137 Å². The molecule has 3 aromatic rings. The maximum atomic E-state index is 12.2. The molecule has 1 aliphatic rings. The number of carbonyl (C=O) groups excluding carboxylic acids is 1. The van der Waals surface area contributed by atoms with E-state index in [9.17, 15) is 4.79 Å². The van der Waals surface area contributed by atoms with Gasteiger partial charge in [0.15, 0.2) is 11.5 Å². The van der Waals surface area contributed by atoms with E-state index in [4.69, 9.17) is 4.42 Å². The maximum absolute atomic E-state index is 12.2. The first kappa shape index (κ1) is 14.4. The fourth-order valence-electron chi connectivity index (χ4n) is 2.78. The van der Waals surface area contributed by atoms with E-state index in [1.807, 2.05) is 11.0 Å². The second kappa shape index (κ2) is 6.15. The van der Waals surface area contributed by atoms with Crippen LogP contribution in [0.5, 0.6) is 0 Å². The number of H-pyrrole nitrogens is 1. The molecule has 122 valence electrons. The number of fused-ring (bicyclic) bond motifs is 1. The van der Waals surface area contributed by atoms with Crippen LogP contribution in [0.15, 0.2) is 41.5 Å². The zero-order valence-electron chi connectivity index (χ0n) is 12.9. The van der Waals surface area contributed by atoms with Gasteiger partial charge in [-0.15, -0.1) is 0 Å². The van der Waals surface area contributed by atoms with Crippen molar-refractivity contribution in [3.63, 3.8) is 0 Å². The highest BCUT2D eigenvalue weighted by Gasteiger charge is 2.22. The summed E-state index contributed by atoms with van der Waals surface area (Å²) < 4.78 is 5.19. The number of rotatable bonds is 3. The van der Waals surface area contributed by atoms with Gasteiger partial charge < -0.3 is 19.2 Å². The summed E-state index contributed by atoms with van der Waals surface area (Å²) >= 11 is 0. The highest BCUT2D eigenvalue weighted by molar-refractivity contribution is 5.91. The average molecular weight is 324 g/mol. The van der Waals surface area contributed by atoms with Crippen molar-refractivity contribution in [3.8, 4) is 0 Å². The molecule has 0 aromatic carbocycles. The molecule has 24 heavy (non-hydrogen) atoms. The minimum Gasteiger partial charge on any atom is -0.465 e. The van der Waals surface area contributed by atoms with Crippen LogP contribution in [-0.2, 0) is 4.79 Å². The van der Waals surface area contributed by atoms with Gasteiger partial charge in [-0.25, -0.2) is 15.0 Å². The van der Waals surface area contributed by atoms with E-state index >= 15 is 0 Å². The second-order valence-corrected chi connectivity index (χ2v) is 5.46. The molecule has 1 amide bonds. The zero-order chi connectivity index (χ0) is 16.4. The van der Waals surface area contributed by atoms with Crippen LogP contribution in [0.1, 0.15) is 5.76 Å². The Morgan fingerprint density at radius 3 is 2.88 bits per heavy atom. The van der Waals surface area contributed by atoms with Crippen molar-refractivity contribution < 1.29 is 9.21 Å². The molecule has 0 saturated carbocycles. The van der Waals surface area contributed by atoms with Crippen LogP contribution >= 0.6 is 0 Å². The fourth-order valence-corrected chi connectivity index (χ4v) is 2.78. The summed E-state index contributed by atoms with van der Waals surface area (Å²) in [6, 6.07) is 3.60. The predicted molar refractivity (Wildman–Crippen MR) is 88.2 cm³/mol. The zero-order valence-corrected chi connectivity index (χ0v) is 12.9. The standard InChI is InChI=1S/C16H16N6O2/c23-13(4-3-12-2-1-9-24-12)21-5-7-22(8-6-21)16-14-15(18-10-17-14)19-11-20-16/h1-4,9-11H,5-8H2,(H,17,18,19,20). The molecule has 4 heterocycles. The van der Waals surface area contributed by atoms with E-state index in [0.29, 0.717) is 37.6 Å². The molecule has 0 radical (unpaired) electrons. The molecule has 1 saturated heterocycles. The van der Waals surface area contributed by atoms with Gasteiger partial charge in [0.05, 0.1) is 12.6 Å². The first-order chi connectivity index (χ1) is 11.8. The Balaban J connectivity index is 1.41. The first-order valence-electron chi connectivity index (χ1n) is 7.71. The van der Waals surface area contributed by atoms with Gasteiger partial charge in [-0.3, -0.25) is 4.79 Å². The Morgan fingerprint density at radius 1 is 1.21 bits per heavy atom. The number of piperazine rings is 1. The lowest BCUT2D eigenvalue weighted by Gasteiger charge is -2.34. The SMILES string of the molecule is O=C(C=Cc1ccco1)N1CCN(c2ncnc3nc[nH]c23)CC1. The third-order valence-electron chi connectivity index (χ3n) is 4.03. The molecule has 8 heteroatoms. The van der Waals surface area contributed by atoms with Crippen molar-refractivity contribution in [2.75, 3.05) is 31.1 Å². The van der Waals surface area contributed by atoms with Crippen molar-refractivity contribution in [2.24, 2.45) is 0 Å².